The first-order chi connectivity index (χ1) is 22.0. The van der Waals surface area contributed by atoms with Crippen LogP contribution >= 0.6 is 34.4 Å². The van der Waals surface area contributed by atoms with E-state index in [0.717, 1.165) is 26.4 Å². The number of thioether (sulfide) groups is 1. The Hall–Kier alpha value is -5.03. The van der Waals surface area contributed by atoms with Crippen LogP contribution in [-0.2, 0) is 9.59 Å². The molecule has 0 unspecified atom stereocenters. The number of hydrogen-bond donors (Lipinski definition) is 3. The summed E-state index contributed by atoms with van der Waals surface area (Å²) < 4.78 is 0. The number of fused-ring (bicyclic) bond motifs is 1. The van der Waals surface area contributed by atoms with Crippen LogP contribution in [0.4, 0.5) is 10.8 Å². The minimum Gasteiger partial charge on any atom is -0.321 e. The summed E-state index contributed by atoms with van der Waals surface area (Å²) in [5.41, 5.74) is 2.96. The highest BCUT2D eigenvalue weighted by Crippen LogP contribution is 2.28. The maximum atomic E-state index is 13.2. The van der Waals surface area contributed by atoms with Gasteiger partial charge in [0.25, 0.3) is 11.8 Å². The molecule has 0 radical (unpaired) electrons. The number of amides is 3. The van der Waals surface area contributed by atoms with E-state index >= 15 is 0 Å². The third-order valence-corrected chi connectivity index (χ3v) is 9.23. The molecule has 0 aliphatic heterocycles. The van der Waals surface area contributed by atoms with Gasteiger partial charge in [-0.3, -0.25) is 14.4 Å². The van der Waals surface area contributed by atoms with Crippen LogP contribution in [0.3, 0.4) is 0 Å². The molecule has 4 aromatic carbocycles. The second-order valence-corrected chi connectivity index (χ2v) is 12.7. The Balaban J connectivity index is 1.03. The molecule has 0 spiro atoms. The van der Waals surface area contributed by atoms with Crippen molar-refractivity contribution in [2.75, 3.05) is 16.4 Å². The van der Waals surface area contributed by atoms with Crippen molar-refractivity contribution in [1.29, 1.82) is 0 Å². The fourth-order valence-electron chi connectivity index (χ4n) is 4.41. The highest BCUT2D eigenvalue weighted by atomic mass is 32.2. The van der Waals surface area contributed by atoms with Crippen LogP contribution in [0.2, 0.25) is 0 Å². The number of aromatic nitrogens is 1. The van der Waals surface area contributed by atoms with Gasteiger partial charge in [0.05, 0.1) is 11.4 Å². The summed E-state index contributed by atoms with van der Waals surface area (Å²) in [5.74, 6) is -0.773. The first-order valence-corrected chi connectivity index (χ1v) is 16.6. The van der Waals surface area contributed by atoms with E-state index in [0.29, 0.717) is 16.4 Å². The van der Waals surface area contributed by atoms with Crippen molar-refractivity contribution >= 4 is 79.8 Å². The highest BCUT2D eigenvalue weighted by molar-refractivity contribution is 8.00. The summed E-state index contributed by atoms with van der Waals surface area (Å²) in [5, 5.41) is 15.2. The maximum Gasteiger partial charge on any atom is 0.272 e. The number of nitrogens with zero attached hydrogens (tertiary/aromatic N) is 1. The molecule has 0 saturated heterocycles. The minimum absolute atomic E-state index is 0.132. The minimum atomic E-state index is -0.445. The zero-order valence-electron chi connectivity index (χ0n) is 23.7. The number of rotatable bonds is 10. The first kappa shape index (κ1) is 30.0. The van der Waals surface area contributed by atoms with Crippen molar-refractivity contribution in [3.63, 3.8) is 0 Å². The van der Waals surface area contributed by atoms with Gasteiger partial charge < -0.3 is 16.0 Å². The Morgan fingerprint density at radius 1 is 0.778 bits per heavy atom. The third-order valence-electron chi connectivity index (χ3n) is 6.64. The number of hydrogen-bond acceptors (Lipinski definition) is 7. The van der Waals surface area contributed by atoms with Gasteiger partial charge in [-0.2, -0.15) is 0 Å². The molecule has 2 aromatic heterocycles. The van der Waals surface area contributed by atoms with E-state index in [1.165, 1.54) is 39.8 Å². The Bertz CT molecular complexity index is 1990. The third kappa shape index (κ3) is 7.93. The molecule has 7 nitrogen and oxygen atoms in total. The lowest BCUT2D eigenvalue weighted by atomic mass is 10.1. The van der Waals surface area contributed by atoms with E-state index in [1.54, 1.807) is 42.5 Å². The summed E-state index contributed by atoms with van der Waals surface area (Å²) in [4.78, 5) is 44.9. The van der Waals surface area contributed by atoms with Gasteiger partial charge in [0.1, 0.15) is 5.70 Å². The van der Waals surface area contributed by atoms with Crippen LogP contribution in [0.5, 0.6) is 0 Å². The number of nitrogens with one attached hydrogen (secondary N) is 3. The summed E-state index contributed by atoms with van der Waals surface area (Å²) in [6.07, 6.45) is 1.65. The number of carbonyl (C=O) groups excluding carboxylic acids is 3. The highest BCUT2D eigenvalue weighted by Gasteiger charge is 2.16. The van der Waals surface area contributed by atoms with Crippen LogP contribution in [-0.4, -0.2) is 28.5 Å². The smallest absolute Gasteiger partial charge is 0.272 e. The maximum absolute atomic E-state index is 13.2. The van der Waals surface area contributed by atoms with Crippen LogP contribution in [0.25, 0.3) is 28.1 Å². The van der Waals surface area contributed by atoms with E-state index in [9.17, 15) is 14.4 Å². The van der Waals surface area contributed by atoms with Crippen LogP contribution in [0.15, 0.2) is 131 Å². The van der Waals surface area contributed by atoms with Gasteiger partial charge >= 0.3 is 0 Å². The molecule has 6 aromatic rings. The van der Waals surface area contributed by atoms with Crippen LogP contribution in [0.1, 0.15) is 15.2 Å². The summed E-state index contributed by atoms with van der Waals surface area (Å²) in [6, 6.07) is 34.0. The molecule has 6 rings (SSSR count). The van der Waals surface area contributed by atoms with Crippen molar-refractivity contribution in [1.82, 2.24) is 10.3 Å². The van der Waals surface area contributed by atoms with E-state index in [2.05, 4.69) is 45.2 Å². The van der Waals surface area contributed by atoms with Gasteiger partial charge in [-0.05, 0) is 70.8 Å². The van der Waals surface area contributed by atoms with Gasteiger partial charge in [0.2, 0.25) is 5.91 Å². The first-order valence-electron chi connectivity index (χ1n) is 13.9. The molecule has 45 heavy (non-hydrogen) atoms. The number of thiazole rings is 1. The molecule has 0 saturated carbocycles. The van der Waals surface area contributed by atoms with Crippen LogP contribution in [0, 0.1) is 0 Å². The average molecular weight is 647 g/mol. The van der Waals surface area contributed by atoms with Gasteiger partial charge in [-0.1, -0.05) is 60.7 Å². The zero-order valence-corrected chi connectivity index (χ0v) is 26.2. The van der Waals surface area contributed by atoms with Gasteiger partial charge in [-0.15, -0.1) is 34.4 Å². The number of thiophene rings is 1. The molecule has 0 aliphatic rings. The topological polar surface area (TPSA) is 100 Å². The molecule has 222 valence electrons. The Kier molecular flexibility index (Phi) is 9.45. The van der Waals surface area contributed by atoms with Gasteiger partial charge in [0.15, 0.2) is 5.13 Å². The number of benzene rings is 4. The summed E-state index contributed by atoms with van der Waals surface area (Å²) >= 11 is 4.23. The quantitative estimate of drug-likeness (QED) is 0.103. The number of anilines is 2. The van der Waals surface area contributed by atoms with Gasteiger partial charge in [0, 0.05) is 32.0 Å². The predicted octanol–water partition coefficient (Wildman–Crippen LogP) is 8.17. The van der Waals surface area contributed by atoms with E-state index < -0.39 is 5.91 Å². The lowest BCUT2D eigenvalue weighted by Crippen LogP contribution is -2.30. The molecule has 10 heteroatoms. The second-order valence-electron chi connectivity index (χ2n) is 9.81. The summed E-state index contributed by atoms with van der Waals surface area (Å²) in [7, 11) is 0. The lowest BCUT2D eigenvalue weighted by molar-refractivity contribution is -0.114. The summed E-state index contributed by atoms with van der Waals surface area (Å²) in [6.45, 7) is 0. The van der Waals surface area contributed by atoms with Crippen molar-refractivity contribution in [3.8, 4) is 11.3 Å². The monoisotopic (exact) mass is 646 g/mol. The Morgan fingerprint density at radius 2 is 1.56 bits per heavy atom. The fourth-order valence-corrected chi connectivity index (χ4v) is 6.50. The molecular weight excluding hydrogens is 621 g/mol. The zero-order chi connectivity index (χ0) is 31.0. The normalized spacial score (nSPS) is 11.2. The molecule has 0 atom stereocenters. The van der Waals surface area contributed by atoms with E-state index in [1.807, 2.05) is 59.3 Å². The van der Waals surface area contributed by atoms with Crippen molar-refractivity contribution in [3.05, 3.63) is 136 Å². The second kappa shape index (κ2) is 14.2. The molecule has 3 amide bonds. The molecule has 2 heterocycles. The van der Waals surface area contributed by atoms with Crippen molar-refractivity contribution in [2.45, 2.75) is 4.90 Å². The number of carbonyl (C=O) groups is 3. The van der Waals surface area contributed by atoms with Crippen molar-refractivity contribution < 1.29 is 14.4 Å². The lowest BCUT2D eigenvalue weighted by Gasteiger charge is -2.11. The van der Waals surface area contributed by atoms with E-state index in [-0.39, 0.29) is 23.3 Å². The fraction of sp³-hybridized carbons (Fsp3) is 0.0286. The molecule has 0 aliphatic carbocycles. The largest absolute Gasteiger partial charge is 0.321 e. The average Bonchev–Trinajstić information content (AvgIpc) is 3.77. The van der Waals surface area contributed by atoms with Gasteiger partial charge in [-0.25, -0.2) is 4.98 Å². The molecule has 0 fully saturated rings. The predicted molar refractivity (Wildman–Crippen MR) is 186 cm³/mol. The molecule has 0 bridgehead atoms. The molecular formula is C35H26N4O3S3. The standard InChI is InChI=1S/C35H26N4O3S3/c40-32(39-35-38-31(21-45-35)26-13-12-23-7-4-5-10-25(23)19-26)22-44-28-16-14-27(15-17-28)36-34(42)30(20-29-11-6-18-43-29)37-33(41)24-8-2-1-3-9-24/h1-21H,22H2,(H,36,42)(H,37,41)(H,38,39,40)/b30-20-. The Labute approximate surface area is 272 Å². The SMILES string of the molecule is O=C(CSc1ccc(NC(=O)/C(=C/c2cccs2)NC(=O)c2ccccc2)cc1)Nc1nc(-c2ccc3ccccc3c2)cs1. The van der Waals surface area contributed by atoms with E-state index in [4.69, 9.17) is 0 Å². The molecule has 3 N–H and O–H groups in total. The van der Waals surface area contributed by atoms with Crippen LogP contribution < -0.4 is 16.0 Å². The van der Waals surface area contributed by atoms with Crippen molar-refractivity contribution in [2.24, 2.45) is 0 Å². The Morgan fingerprint density at radius 3 is 2.33 bits per heavy atom.